The predicted molar refractivity (Wildman–Crippen MR) is 107 cm³/mol. The summed E-state index contributed by atoms with van der Waals surface area (Å²) in [7, 11) is 0. The minimum Gasteiger partial charge on any atom is -0.355 e. The molecule has 0 saturated carbocycles. The molecule has 0 aliphatic carbocycles. The number of rotatable bonds is 7. The monoisotopic (exact) mass is 386 g/mol. The molecule has 1 aromatic rings. The molecule has 0 atom stereocenters. The van der Waals surface area contributed by atoms with Gasteiger partial charge in [0.05, 0.1) is 6.54 Å². The summed E-state index contributed by atoms with van der Waals surface area (Å²) in [5.74, 6) is 0.296. The van der Waals surface area contributed by atoms with Crippen LogP contribution in [0.5, 0.6) is 0 Å². The zero-order valence-corrected chi connectivity index (χ0v) is 16.4. The van der Waals surface area contributed by atoms with Gasteiger partial charge in [0.1, 0.15) is 0 Å². The van der Waals surface area contributed by atoms with Crippen molar-refractivity contribution in [3.63, 3.8) is 0 Å². The molecular formula is C21H30N4O3. The molecule has 3 rings (SSSR count). The Morgan fingerprint density at radius 1 is 0.964 bits per heavy atom. The largest absolute Gasteiger partial charge is 0.355 e. The molecule has 3 amide bonds. The van der Waals surface area contributed by atoms with Crippen molar-refractivity contribution < 1.29 is 14.4 Å². The molecule has 152 valence electrons. The van der Waals surface area contributed by atoms with Crippen LogP contribution < -0.4 is 5.32 Å². The van der Waals surface area contributed by atoms with Crippen LogP contribution >= 0.6 is 0 Å². The van der Waals surface area contributed by atoms with E-state index in [1.165, 1.54) is 0 Å². The Hall–Kier alpha value is -2.41. The van der Waals surface area contributed by atoms with Gasteiger partial charge in [-0.3, -0.25) is 19.3 Å². The summed E-state index contributed by atoms with van der Waals surface area (Å²) < 4.78 is 0. The average molecular weight is 386 g/mol. The summed E-state index contributed by atoms with van der Waals surface area (Å²) in [6.45, 7) is 5.39. The maximum Gasteiger partial charge on any atom is 0.253 e. The highest BCUT2D eigenvalue weighted by Crippen LogP contribution is 2.10. The summed E-state index contributed by atoms with van der Waals surface area (Å²) in [5.41, 5.74) is 0.713. The van der Waals surface area contributed by atoms with Crippen molar-refractivity contribution in [2.45, 2.75) is 25.7 Å². The normalized spacial score (nSPS) is 18.2. The third-order valence-electron chi connectivity index (χ3n) is 5.36. The Bertz CT molecular complexity index is 679. The highest BCUT2D eigenvalue weighted by Gasteiger charge is 2.22. The second kappa shape index (κ2) is 10.2. The highest BCUT2D eigenvalue weighted by atomic mass is 16.2. The molecule has 7 nitrogen and oxygen atoms in total. The SMILES string of the molecule is O=C(CN1CCCN(C(=O)c2ccccc2)CC1)NCCCN1CCCC1=O. The van der Waals surface area contributed by atoms with Crippen molar-refractivity contribution in [1.29, 1.82) is 0 Å². The van der Waals surface area contributed by atoms with Gasteiger partial charge in [0.25, 0.3) is 5.91 Å². The van der Waals surface area contributed by atoms with E-state index in [0.29, 0.717) is 38.2 Å². The standard InChI is InChI=1S/C21H30N4O3/c26-19(22-10-5-13-24-12-4-9-20(24)27)17-23-11-6-14-25(16-15-23)21(28)18-7-2-1-3-8-18/h1-3,7-8H,4-6,9-17H2,(H,22,26). The summed E-state index contributed by atoms with van der Waals surface area (Å²) >= 11 is 0. The summed E-state index contributed by atoms with van der Waals surface area (Å²) in [4.78, 5) is 42.2. The lowest BCUT2D eigenvalue weighted by Gasteiger charge is -2.22. The zero-order chi connectivity index (χ0) is 19.8. The molecule has 28 heavy (non-hydrogen) atoms. The van der Waals surface area contributed by atoms with Gasteiger partial charge in [-0.2, -0.15) is 0 Å². The molecule has 1 N–H and O–H groups in total. The molecule has 0 radical (unpaired) electrons. The lowest BCUT2D eigenvalue weighted by molar-refractivity contribution is -0.127. The second-order valence-electron chi connectivity index (χ2n) is 7.48. The van der Waals surface area contributed by atoms with Gasteiger partial charge in [0.15, 0.2) is 0 Å². The molecule has 1 aromatic carbocycles. The minimum atomic E-state index is 0.00980. The van der Waals surface area contributed by atoms with Crippen LogP contribution in [0.3, 0.4) is 0 Å². The fourth-order valence-electron chi connectivity index (χ4n) is 3.79. The number of carbonyl (C=O) groups is 3. The number of nitrogens with one attached hydrogen (secondary N) is 1. The highest BCUT2D eigenvalue weighted by molar-refractivity contribution is 5.94. The zero-order valence-electron chi connectivity index (χ0n) is 16.4. The third-order valence-corrected chi connectivity index (χ3v) is 5.36. The van der Waals surface area contributed by atoms with Crippen molar-refractivity contribution in [3.05, 3.63) is 35.9 Å². The first-order valence-corrected chi connectivity index (χ1v) is 10.2. The maximum atomic E-state index is 12.6. The van der Waals surface area contributed by atoms with Crippen molar-refractivity contribution in [2.24, 2.45) is 0 Å². The van der Waals surface area contributed by atoms with Gasteiger partial charge >= 0.3 is 0 Å². The van der Waals surface area contributed by atoms with E-state index in [4.69, 9.17) is 0 Å². The Balaban J connectivity index is 1.35. The number of nitrogens with zero attached hydrogens (tertiary/aromatic N) is 3. The van der Waals surface area contributed by atoms with Crippen molar-refractivity contribution >= 4 is 17.7 Å². The van der Waals surface area contributed by atoms with Crippen LogP contribution in [0.15, 0.2) is 30.3 Å². The van der Waals surface area contributed by atoms with Crippen LogP contribution in [0.25, 0.3) is 0 Å². The number of benzene rings is 1. The van der Waals surface area contributed by atoms with Gasteiger partial charge in [-0.25, -0.2) is 0 Å². The maximum absolute atomic E-state index is 12.6. The molecule has 7 heteroatoms. The number of likely N-dealkylation sites (tertiary alicyclic amines) is 1. The summed E-state index contributed by atoms with van der Waals surface area (Å²) in [6, 6.07) is 9.34. The van der Waals surface area contributed by atoms with Gasteiger partial charge in [-0.05, 0) is 31.4 Å². The van der Waals surface area contributed by atoms with Crippen LogP contribution in [0.1, 0.15) is 36.0 Å². The van der Waals surface area contributed by atoms with E-state index in [1.807, 2.05) is 40.1 Å². The van der Waals surface area contributed by atoms with E-state index in [0.717, 1.165) is 45.4 Å². The Labute approximate surface area is 166 Å². The smallest absolute Gasteiger partial charge is 0.253 e. The third kappa shape index (κ3) is 5.79. The van der Waals surface area contributed by atoms with Crippen molar-refractivity contribution in [1.82, 2.24) is 20.0 Å². The molecule has 2 aliphatic heterocycles. The summed E-state index contributed by atoms with van der Waals surface area (Å²) in [5, 5.41) is 2.95. The molecule has 0 bridgehead atoms. The van der Waals surface area contributed by atoms with Crippen molar-refractivity contribution in [2.75, 3.05) is 52.4 Å². The van der Waals surface area contributed by atoms with E-state index in [-0.39, 0.29) is 17.7 Å². The van der Waals surface area contributed by atoms with E-state index >= 15 is 0 Å². The van der Waals surface area contributed by atoms with Crippen LogP contribution in [0.2, 0.25) is 0 Å². The molecular weight excluding hydrogens is 356 g/mol. The van der Waals surface area contributed by atoms with Gasteiger partial charge in [-0.1, -0.05) is 18.2 Å². The fraction of sp³-hybridized carbons (Fsp3) is 0.571. The van der Waals surface area contributed by atoms with Crippen LogP contribution in [-0.4, -0.2) is 84.8 Å². The quantitative estimate of drug-likeness (QED) is 0.709. The molecule has 0 aromatic heterocycles. The predicted octanol–water partition coefficient (Wildman–Crippen LogP) is 0.963. The van der Waals surface area contributed by atoms with Crippen molar-refractivity contribution in [3.8, 4) is 0 Å². The molecule has 2 saturated heterocycles. The number of amides is 3. The number of carbonyl (C=O) groups excluding carboxylic acids is 3. The van der Waals surface area contributed by atoms with Crippen LogP contribution in [0, 0.1) is 0 Å². The lowest BCUT2D eigenvalue weighted by atomic mass is 10.2. The average Bonchev–Trinajstić information content (AvgIpc) is 2.97. The number of hydrogen-bond donors (Lipinski definition) is 1. The van der Waals surface area contributed by atoms with E-state index < -0.39 is 0 Å². The molecule has 2 aliphatic rings. The van der Waals surface area contributed by atoms with E-state index in [2.05, 4.69) is 10.2 Å². The first-order chi connectivity index (χ1) is 13.6. The molecule has 2 fully saturated rings. The molecule has 0 unspecified atom stereocenters. The number of hydrogen-bond acceptors (Lipinski definition) is 4. The topological polar surface area (TPSA) is 73.0 Å². The lowest BCUT2D eigenvalue weighted by Crippen LogP contribution is -2.40. The van der Waals surface area contributed by atoms with Crippen LogP contribution in [-0.2, 0) is 9.59 Å². The van der Waals surface area contributed by atoms with Gasteiger partial charge in [-0.15, -0.1) is 0 Å². The van der Waals surface area contributed by atoms with Gasteiger partial charge in [0, 0.05) is 57.8 Å². The van der Waals surface area contributed by atoms with Gasteiger partial charge in [0.2, 0.25) is 11.8 Å². The van der Waals surface area contributed by atoms with E-state index in [1.54, 1.807) is 0 Å². The fourth-order valence-corrected chi connectivity index (χ4v) is 3.79. The van der Waals surface area contributed by atoms with E-state index in [9.17, 15) is 14.4 Å². The second-order valence-corrected chi connectivity index (χ2v) is 7.48. The Kier molecular flexibility index (Phi) is 7.42. The minimum absolute atomic E-state index is 0.00980. The van der Waals surface area contributed by atoms with Crippen LogP contribution in [0.4, 0.5) is 0 Å². The van der Waals surface area contributed by atoms with Gasteiger partial charge < -0.3 is 15.1 Å². The molecule has 0 spiro atoms. The Morgan fingerprint density at radius 2 is 1.79 bits per heavy atom. The first-order valence-electron chi connectivity index (χ1n) is 10.2. The molecule has 2 heterocycles. The first kappa shape index (κ1) is 20.3. The summed E-state index contributed by atoms with van der Waals surface area (Å²) in [6.07, 6.45) is 3.26. The Morgan fingerprint density at radius 3 is 2.54 bits per heavy atom.